The van der Waals surface area contributed by atoms with Gasteiger partial charge in [0.05, 0.1) is 10.6 Å². The van der Waals surface area contributed by atoms with E-state index in [9.17, 15) is 21.6 Å². The number of para-hydroxylation sites is 1. The lowest BCUT2D eigenvalue weighted by Gasteiger charge is -2.11. The fourth-order valence-electron chi connectivity index (χ4n) is 1.64. The van der Waals surface area contributed by atoms with Crippen molar-refractivity contribution in [3.05, 3.63) is 52.9 Å². The summed E-state index contributed by atoms with van der Waals surface area (Å²) in [6, 6.07) is 7.86. The lowest BCUT2D eigenvalue weighted by Crippen LogP contribution is -2.17. The molecule has 0 unspecified atom stereocenters. The van der Waals surface area contributed by atoms with Gasteiger partial charge in [-0.05, 0) is 18.2 Å². The van der Waals surface area contributed by atoms with E-state index in [0.717, 1.165) is 24.6 Å². The molecule has 9 heteroatoms. The molecule has 21 heavy (non-hydrogen) atoms. The molecule has 1 heterocycles. The van der Waals surface area contributed by atoms with Crippen molar-refractivity contribution < 1.29 is 16.8 Å². The predicted molar refractivity (Wildman–Crippen MR) is 77.4 cm³/mol. The maximum Gasteiger partial charge on any atom is 0.263 e. The topological polar surface area (TPSA) is 113 Å². The van der Waals surface area contributed by atoms with Crippen LogP contribution in [0.1, 0.15) is 0 Å². The van der Waals surface area contributed by atoms with E-state index in [1.54, 1.807) is 0 Å². The number of pyridine rings is 1. The number of nitrogens with one attached hydrogen (secondary N) is 2. The van der Waals surface area contributed by atoms with E-state index in [1.807, 2.05) is 0 Å². The van der Waals surface area contributed by atoms with Gasteiger partial charge in [-0.3, -0.25) is 9.52 Å². The van der Waals surface area contributed by atoms with Crippen LogP contribution in [0.4, 0.5) is 5.69 Å². The van der Waals surface area contributed by atoms with Gasteiger partial charge < -0.3 is 4.98 Å². The highest BCUT2D eigenvalue weighted by atomic mass is 32.2. The Balaban J connectivity index is 2.47. The van der Waals surface area contributed by atoms with E-state index in [-0.39, 0.29) is 15.5 Å². The third-order valence-electron chi connectivity index (χ3n) is 2.60. The number of aromatic nitrogens is 1. The van der Waals surface area contributed by atoms with Gasteiger partial charge in [-0.1, -0.05) is 12.1 Å². The molecule has 1 aromatic heterocycles. The Labute approximate surface area is 121 Å². The molecule has 0 radical (unpaired) electrons. The van der Waals surface area contributed by atoms with Gasteiger partial charge in [0.15, 0.2) is 9.84 Å². The summed E-state index contributed by atoms with van der Waals surface area (Å²) < 4.78 is 49.8. The van der Waals surface area contributed by atoms with Gasteiger partial charge in [0, 0.05) is 18.5 Å². The number of H-pyrrole nitrogens is 1. The number of benzene rings is 1. The van der Waals surface area contributed by atoms with Crippen LogP contribution < -0.4 is 10.3 Å². The van der Waals surface area contributed by atoms with Gasteiger partial charge in [0.1, 0.15) is 4.90 Å². The average molecular weight is 328 g/mol. The molecule has 2 N–H and O–H groups in total. The molecule has 0 aliphatic carbocycles. The molecule has 0 aliphatic rings. The van der Waals surface area contributed by atoms with Gasteiger partial charge in [0.2, 0.25) is 5.56 Å². The number of sulfone groups is 1. The summed E-state index contributed by atoms with van der Waals surface area (Å²) in [5.41, 5.74) is -0.489. The Morgan fingerprint density at radius 2 is 1.67 bits per heavy atom. The Morgan fingerprint density at radius 1 is 1.00 bits per heavy atom. The van der Waals surface area contributed by atoms with Gasteiger partial charge in [0.25, 0.3) is 10.0 Å². The normalized spacial score (nSPS) is 12.0. The molecular weight excluding hydrogens is 316 g/mol. The third-order valence-corrected chi connectivity index (χ3v) is 5.11. The van der Waals surface area contributed by atoms with Crippen molar-refractivity contribution in [1.82, 2.24) is 4.98 Å². The number of aromatic amines is 1. The summed E-state index contributed by atoms with van der Waals surface area (Å²) in [7, 11) is -7.58. The summed E-state index contributed by atoms with van der Waals surface area (Å²) in [4.78, 5) is 12.9. The van der Waals surface area contributed by atoms with E-state index in [4.69, 9.17) is 0 Å². The maximum absolute atomic E-state index is 12.2. The summed E-state index contributed by atoms with van der Waals surface area (Å²) in [6.45, 7) is 0. The molecule has 0 fully saturated rings. The van der Waals surface area contributed by atoms with Crippen molar-refractivity contribution in [1.29, 1.82) is 0 Å². The van der Waals surface area contributed by atoms with Gasteiger partial charge in [-0.15, -0.1) is 0 Å². The zero-order chi connectivity index (χ0) is 15.7. The number of sulfonamides is 1. The first-order chi connectivity index (χ1) is 9.70. The molecule has 0 saturated heterocycles. The van der Waals surface area contributed by atoms with Crippen molar-refractivity contribution in [3.8, 4) is 0 Å². The number of hydrogen-bond acceptors (Lipinski definition) is 5. The smallest absolute Gasteiger partial charge is 0.263 e. The third kappa shape index (κ3) is 3.50. The SMILES string of the molecule is CS(=O)(=O)c1ccccc1NS(=O)(=O)c1ccc(=O)[nH]c1. The van der Waals surface area contributed by atoms with Crippen molar-refractivity contribution in [2.75, 3.05) is 11.0 Å². The van der Waals surface area contributed by atoms with Gasteiger partial charge in [-0.2, -0.15) is 0 Å². The molecule has 0 spiro atoms. The van der Waals surface area contributed by atoms with Crippen LogP contribution in [0.15, 0.2) is 57.2 Å². The Morgan fingerprint density at radius 3 is 2.24 bits per heavy atom. The van der Waals surface area contributed by atoms with Crippen molar-refractivity contribution in [2.24, 2.45) is 0 Å². The molecule has 1 aromatic carbocycles. The summed E-state index contributed by atoms with van der Waals surface area (Å²) >= 11 is 0. The van der Waals surface area contributed by atoms with Crippen LogP contribution in [-0.4, -0.2) is 28.1 Å². The Kier molecular flexibility index (Phi) is 3.88. The fraction of sp³-hybridized carbons (Fsp3) is 0.0833. The van der Waals surface area contributed by atoms with Crippen LogP contribution in [-0.2, 0) is 19.9 Å². The van der Waals surface area contributed by atoms with Crippen LogP contribution in [0.2, 0.25) is 0 Å². The molecule has 0 saturated carbocycles. The highest BCUT2D eigenvalue weighted by molar-refractivity contribution is 7.93. The molecule has 2 rings (SSSR count). The zero-order valence-corrected chi connectivity index (χ0v) is 12.5. The summed E-state index contributed by atoms with van der Waals surface area (Å²) in [6.07, 6.45) is 2.02. The Bertz CT molecular complexity index is 910. The van der Waals surface area contributed by atoms with E-state index in [0.29, 0.717) is 0 Å². The summed E-state index contributed by atoms with van der Waals surface area (Å²) in [5.74, 6) is 0. The second kappa shape index (κ2) is 5.34. The number of hydrogen-bond donors (Lipinski definition) is 2. The van der Waals surface area contributed by atoms with Gasteiger partial charge in [-0.25, -0.2) is 16.8 Å². The first-order valence-corrected chi connectivity index (χ1v) is 9.08. The maximum atomic E-state index is 12.2. The minimum atomic E-state index is -4.00. The van der Waals surface area contributed by atoms with Crippen LogP contribution in [0, 0.1) is 0 Å². The lowest BCUT2D eigenvalue weighted by molar-refractivity contribution is 0.600. The largest absolute Gasteiger partial charge is 0.328 e. The van der Waals surface area contributed by atoms with E-state index in [1.165, 1.54) is 24.3 Å². The van der Waals surface area contributed by atoms with Crippen molar-refractivity contribution >= 4 is 25.5 Å². The average Bonchev–Trinajstić information content (AvgIpc) is 2.38. The van der Waals surface area contributed by atoms with E-state index in [2.05, 4.69) is 9.71 Å². The minimum Gasteiger partial charge on any atom is -0.328 e. The van der Waals surface area contributed by atoms with Crippen LogP contribution >= 0.6 is 0 Å². The highest BCUT2D eigenvalue weighted by Crippen LogP contribution is 2.23. The molecule has 0 atom stereocenters. The van der Waals surface area contributed by atoms with Crippen molar-refractivity contribution in [3.63, 3.8) is 0 Å². The molecule has 7 nitrogen and oxygen atoms in total. The van der Waals surface area contributed by atoms with Crippen LogP contribution in [0.5, 0.6) is 0 Å². The van der Waals surface area contributed by atoms with Gasteiger partial charge >= 0.3 is 0 Å². The van der Waals surface area contributed by atoms with Crippen molar-refractivity contribution in [2.45, 2.75) is 9.79 Å². The highest BCUT2D eigenvalue weighted by Gasteiger charge is 2.19. The zero-order valence-electron chi connectivity index (χ0n) is 10.9. The molecule has 0 amide bonds. The molecule has 0 aliphatic heterocycles. The minimum absolute atomic E-state index is 0.0498. The number of anilines is 1. The predicted octanol–water partition coefficient (Wildman–Crippen LogP) is 0.579. The number of rotatable bonds is 4. The van der Waals surface area contributed by atoms with Crippen LogP contribution in [0.3, 0.4) is 0 Å². The van der Waals surface area contributed by atoms with Crippen LogP contribution in [0.25, 0.3) is 0 Å². The second-order valence-electron chi connectivity index (χ2n) is 4.26. The van der Waals surface area contributed by atoms with E-state index < -0.39 is 25.4 Å². The first kappa shape index (κ1) is 15.3. The monoisotopic (exact) mass is 328 g/mol. The molecule has 2 aromatic rings. The molecule has 0 bridgehead atoms. The molecular formula is C12H12N2O5S2. The summed E-state index contributed by atoms with van der Waals surface area (Å²) in [5, 5.41) is 0. The quantitative estimate of drug-likeness (QED) is 0.852. The second-order valence-corrected chi connectivity index (χ2v) is 7.93. The van der Waals surface area contributed by atoms with E-state index >= 15 is 0 Å². The standard InChI is InChI=1S/C12H12N2O5S2/c1-20(16,17)11-5-3-2-4-10(11)14-21(18,19)9-6-7-12(15)13-8-9/h2-8,14H,1H3,(H,13,15). The Hall–Kier alpha value is -2.13. The molecule has 112 valence electrons. The first-order valence-electron chi connectivity index (χ1n) is 5.71. The fourth-order valence-corrected chi connectivity index (χ4v) is 3.60. The lowest BCUT2D eigenvalue weighted by atomic mass is 10.3.